The number of nitrogen functional groups attached to an aromatic ring is 1. The van der Waals surface area contributed by atoms with E-state index in [-0.39, 0.29) is 18.0 Å². The number of ether oxygens (including phenoxy) is 3. The highest BCUT2D eigenvalue weighted by Gasteiger charge is 2.63. The lowest BCUT2D eigenvalue weighted by molar-refractivity contribution is -0.204. The van der Waals surface area contributed by atoms with Gasteiger partial charge in [-0.3, -0.25) is 0 Å². The Labute approximate surface area is 145 Å². The third-order valence-electron chi connectivity index (χ3n) is 5.01. The lowest BCUT2D eigenvalue weighted by atomic mass is 9.90. The van der Waals surface area contributed by atoms with Crippen molar-refractivity contribution in [1.82, 2.24) is 14.6 Å². The minimum atomic E-state index is -0.700. The molecule has 25 heavy (non-hydrogen) atoms. The number of nitrogens with two attached hydrogens (primary N) is 1. The van der Waals surface area contributed by atoms with E-state index in [0.29, 0.717) is 16.8 Å². The molecule has 0 spiro atoms. The summed E-state index contributed by atoms with van der Waals surface area (Å²) < 4.78 is 20.3. The predicted molar refractivity (Wildman–Crippen MR) is 88.5 cm³/mol. The molecule has 2 aliphatic rings. The van der Waals surface area contributed by atoms with Crippen LogP contribution in [0.15, 0.2) is 12.4 Å². The molecule has 2 saturated heterocycles. The summed E-state index contributed by atoms with van der Waals surface area (Å²) >= 11 is 0. The van der Waals surface area contributed by atoms with Crippen molar-refractivity contribution in [2.75, 3.05) is 5.73 Å². The molecule has 2 N–H and O–H groups in total. The zero-order valence-electron chi connectivity index (χ0n) is 14.7. The monoisotopic (exact) mass is 343 g/mol. The Morgan fingerprint density at radius 1 is 1.40 bits per heavy atom. The Balaban J connectivity index is 1.89. The van der Waals surface area contributed by atoms with Crippen LogP contribution in [0.4, 0.5) is 5.82 Å². The first kappa shape index (κ1) is 16.3. The van der Waals surface area contributed by atoms with Gasteiger partial charge in [-0.25, -0.2) is 9.50 Å². The quantitative estimate of drug-likeness (QED) is 0.887. The van der Waals surface area contributed by atoms with E-state index < -0.39 is 17.5 Å². The second-order valence-electron chi connectivity index (χ2n) is 7.19. The number of nitrogens with zero attached hydrogens (tertiary/aromatic N) is 4. The number of aromatic nitrogens is 3. The molecule has 0 aliphatic carbocycles. The van der Waals surface area contributed by atoms with Crippen LogP contribution in [0.25, 0.3) is 5.52 Å². The third-order valence-corrected chi connectivity index (χ3v) is 5.01. The maximum Gasteiger partial charge on any atom is 0.164 e. The molecule has 2 aromatic rings. The van der Waals surface area contributed by atoms with E-state index in [1.807, 2.05) is 20.8 Å². The number of anilines is 1. The molecule has 8 heteroatoms. The molecule has 8 nitrogen and oxygen atoms in total. The van der Waals surface area contributed by atoms with Gasteiger partial charge in [0.2, 0.25) is 0 Å². The molecule has 4 atom stereocenters. The smallest absolute Gasteiger partial charge is 0.164 e. The zero-order chi connectivity index (χ0) is 18.0. The van der Waals surface area contributed by atoms with Crippen molar-refractivity contribution in [1.29, 1.82) is 5.26 Å². The maximum atomic E-state index is 9.48. The third kappa shape index (κ3) is 2.16. The van der Waals surface area contributed by atoms with Crippen LogP contribution >= 0.6 is 0 Å². The van der Waals surface area contributed by atoms with Crippen molar-refractivity contribution >= 4 is 11.3 Å². The summed E-state index contributed by atoms with van der Waals surface area (Å²) in [5, 5.41) is 13.8. The van der Waals surface area contributed by atoms with E-state index in [0.717, 1.165) is 6.42 Å². The first-order valence-corrected chi connectivity index (χ1v) is 8.36. The molecule has 132 valence electrons. The molecule has 2 aromatic heterocycles. The van der Waals surface area contributed by atoms with Crippen molar-refractivity contribution in [2.45, 2.75) is 63.8 Å². The standard InChI is InChI=1S/C17H21N5O3/c1-5-11-14-17(4,25-16(2,3)24-14)13(23-11)10-6-9(7-18)12-15(19)20-8-21-22(10)12/h6,8,11,13-14H,5H2,1-4H3,(H2,19,20,21)/t11-,13+,14-,17+/m1/s1. The normalized spacial score (nSPS) is 33.5. The van der Waals surface area contributed by atoms with Crippen molar-refractivity contribution in [2.24, 2.45) is 0 Å². The number of hydrogen-bond acceptors (Lipinski definition) is 7. The van der Waals surface area contributed by atoms with Crippen LogP contribution in [0.3, 0.4) is 0 Å². The zero-order valence-corrected chi connectivity index (χ0v) is 14.7. The SMILES string of the molecule is CC[C@H]1O[C@@H](c2cc(C#N)c3c(N)ncnn23)[C@]2(C)OC(C)(C)O[C@H]12. The van der Waals surface area contributed by atoms with Crippen molar-refractivity contribution in [3.8, 4) is 6.07 Å². The summed E-state index contributed by atoms with van der Waals surface area (Å²) in [4.78, 5) is 3.99. The van der Waals surface area contributed by atoms with Gasteiger partial charge in [0.1, 0.15) is 35.7 Å². The van der Waals surface area contributed by atoms with Crippen LogP contribution in [-0.2, 0) is 14.2 Å². The molecule has 0 amide bonds. The fourth-order valence-electron chi connectivity index (χ4n) is 4.10. The van der Waals surface area contributed by atoms with Gasteiger partial charge in [0, 0.05) is 0 Å². The highest BCUT2D eigenvalue weighted by molar-refractivity contribution is 5.74. The van der Waals surface area contributed by atoms with Gasteiger partial charge in [-0.2, -0.15) is 10.4 Å². The molecule has 0 radical (unpaired) electrons. The fraction of sp³-hybridized carbons (Fsp3) is 0.588. The first-order chi connectivity index (χ1) is 11.8. The molecule has 0 bridgehead atoms. The largest absolute Gasteiger partial charge is 0.382 e. The van der Waals surface area contributed by atoms with Gasteiger partial charge in [0.25, 0.3) is 0 Å². The molecule has 0 aromatic carbocycles. The maximum absolute atomic E-state index is 9.48. The fourth-order valence-corrected chi connectivity index (χ4v) is 4.10. The van der Waals surface area contributed by atoms with Crippen molar-refractivity contribution < 1.29 is 14.2 Å². The van der Waals surface area contributed by atoms with E-state index in [1.54, 1.807) is 10.6 Å². The minimum Gasteiger partial charge on any atom is -0.382 e. The van der Waals surface area contributed by atoms with Crippen LogP contribution in [0.1, 0.15) is 51.5 Å². The van der Waals surface area contributed by atoms with Crippen LogP contribution in [-0.4, -0.2) is 38.2 Å². The molecule has 4 rings (SSSR count). The van der Waals surface area contributed by atoms with Gasteiger partial charge in [0.15, 0.2) is 11.6 Å². The average molecular weight is 343 g/mol. The summed E-state index contributed by atoms with van der Waals surface area (Å²) in [5.74, 6) is -0.443. The Bertz CT molecular complexity index is 886. The summed E-state index contributed by atoms with van der Waals surface area (Å²) in [5.41, 5.74) is 6.88. The van der Waals surface area contributed by atoms with Gasteiger partial charge in [-0.05, 0) is 33.3 Å². The van der Waals surface area contributed by atoms with Crippen LogP contribution < -0.4 is 5.73 Å². The molecule has 0 unspecified atom stereocenters. The van der Waals surface area contributed by atoms with E-state index in [1.165, 1.54) is 6.33 Å². The molecular formula is C17H21N5O3. The minimum absolute atomic E-state index is 0.105. The number of rotatable bonds is 2. The summed E-state index contributed by atoms with van der Waals surface area (Å²) in [6.45, 7) is 7.84. The van der Waals surface area contributed by atoms with Gasteiger partial charge in [-0.1, -0.05) is 6.92 Å². The number of nitriles is 1. The molecule has 0 saturated carbocycles. The second-order valence-corrected chi connectivity index (χ2v) is 7.19. The summed E-state index contributed by atoms with van der Waals surface area (Å²) in [7, 11) is 0. The number of fused-ring (bicyclic) bond motifs is 2. The Morgan fingerprint density at radius 2 is 2.16 bits per heavy atom. The van der Waals surface area contributed by atoms with Gasteiger partial charge < -0.3 is 19.9 Å². The highest BCUT2D eigenvalue weighted by Crippen LogP contribution is 2.53. The molecular weight excluding hydrogens is 322 g/mol. The Hall–Kier alpha value is -2.21. The van der Waals surface area contributed by atoms with Crippen molar-refractivity contribution in [3.63, 3.8) is 0 Å². The number of hydrogen-bond donors (Lipinski definition) is 1. The topological polar surface area (TPSA) is 108 Å². The lowest BCUT2D eigenvalue weighted by Crippen LogP contribution is -2.40. The van der Waals surface area contributed by atoms with E-state index in [2.05, 4.69) is 23.1 Å². The van der Waals surface area contributed by atoms with Crippen molar-refractivity contribution in [3.05, 3.63) is 23.7 Å². The first-order valence-electron chi connectivity index (χ1n) is 8.36. The van der Waals surface area contributed by atoms with Gasteiger partial charge >= 0.3 is 0 Å². The Morgan fingerprint density at radius 3 is 2.84 bits per heavy atom. The van der Waals surface area contributed by atoms with Gasteiger partial charge in [-0.15, -0.1) is 0 Å². The predicted octanol–water partition coefficient (Wildman–Crippen LogP) is 1.94. The average Bonchev–Trinajstić information content (AvgIpc) is 3.12. The molecule has 2 aliphatic heterocycles. The second kappa shape index (κ2) is 5.14. The summed E-state index contributed by atoms with van der Waals surface area (Å²) in [6.07, 6.45) is 1.42. The van der Waals surface area contributed by atoms with Crippen LogP contribution in [0.2, 0.25) is 0 Å². The van der Waals surface area contributed by atoms with Crippen LogP contribution in [0.5, 0.6) is 0 Å². The molecule has 2 fully saturated rings. The summed E-state index contributed by atoms with van der Waals surface area (Å²) in [6, 6.07) is 3.91. The van der Waals surface area contributed by atoms with E-state index in [4.69, 9.17) is 19.9 Å². The van der Waals surface area contributed by atoms with E-state index >= 15 is 0 Å². The van der Waals surface area contributed by atoms with Crippen LogP contribution in [0, 0.1) is 11.3 Å². The Kier molecular flexibility index (Phi) is 3.35. The van der Waals surface area contributed by atoms with Gasteiger partial charge in [0.05, 0.1) is 17.4 Å². The van der Waals surface area contributed by atoms with E-state index in [9.17, 15) is 5.26 Å². The highest BCUT2D eigenvalue weighted by atomic mass is 16.8. The lowest BCUT2D eigenvalue weighted by Gasteiger charge is -2.29. The molecule has 4 heterocycles.